The molecule has 2 saturated heterocycles. The summed E-state index contributed by atoms with van der Waals surface area (Å²) in [6, 6.07) is 6.99. The average Bonchev–Trinajstić information content (AvgIpc) is 2.80. The molecule has 2 amide bonds. The van der Waals surface area contributed by atoms with Crippen LogP contribution in [0.4, 0.5) is 0 Å². The van der Waals surface area contributed by atoms with Crippen molar-refractivity contribution < 1.29 is 14.3 Å². The number of benzene rings is 1. The molecular weight excluding hydrogens is 328 g/mol. The number of ether oxygens (including phenoxy) is 1. The Kier molecular flexibility index (Phi) is 5.41. The van der Waals surface area contributed by atoms with Crippen molar-refractivity contribution in [2.45, 2.75) is 43.6 Å². The van der Waals surface area contributed by atoms with Crippen LogP contribution in [0.3, 0.4) is 0 Å². The van der Waals surface area contributed by atoms with Gasteiger partial charge in [0.05, 0.1) is 5.41 Å². The summed E-state index contributed by atoms with van der Waals surface area (Å²) in [6.45, 7) is 1.69. The number of hydrogen-bond acceptors (Lipinski definition) is 3. The number of hydrogen-bond donors (Lipinski definition) is 2. The molecule has 2 aliphatic heterocycles. The van der Waals surface area contributed by atoms with Crippen molar-refractivity contribution in [3.8, 4) is 0 Å². The van der Waals surface area contributed by atoms with E-state index in [-0.39, 0.29) is 11.8 Å². The topological polar surface area (TPSA) is 67.4 Å². The van der Waals surface area contributed by atoms with Gasteiger partial charge in [0, 0.05) is 24.8 Å². The van der Waals surface area contributed by atoms with E-state index >= 15 is 0 Å². The van der Waals surface area contributed by atoms with Gasteiger partial charge in [-0.1, -0.05) is 29.8 Å². The number of nitrogens with one attached hydrogen (secondary N) is 2. The Bertz CT molecular complexity index is 614. The van der Waals surface area contributed by atoms with Gasteiger partial charge in [-0.25, -0.2) is 0 Å². The number of carbonyl (C=O) groups is 2. The van der Waals surface area contributed by atoms with E-state index in [0.29, 0.717) is 44.0 Å². The van der Waals surface area contributed by atoms with Gasteiger partial charge in [-0.2, -0.15) is 0 Å². The maximum absolute atomic E-state index is 13.2. The molecule has 0 saturated carbocycles. The third kappa shape index (κ3) is 3.42. The van der Waals surface area contributed by atoms with Gasteiger partial charge in [0.15, 0.2) is 0 Å². The molecule has 1 aromatic carbocycles. The maximum Gasteiger partial charge on any atom is 0.242 e. The lowest BCUT2D eigenvalue weighted by Crippen LogP contribution is -2.54. The Labute approximate surface area is 147 Å². The number of amides is 2. The predicted molar refractivity (Wildman–Crippen MR) is 92.0 cm³/mol. The predicted octanol–water partition coefficient (Wildman–Crippen LogP) is 2.17. The van der Waals surface area contributed by atoms with Crippen LogP contribution in [0.25, 0.3) is 0 Å². The second kappa shape index (κ2) is 7.53. The molecule has 0 aliphatic carbocycles. The van der Waals surface area contributed by atoms with Crippen LogP contribution in [0.5, 0.6) is 0 Å². The highest BCUT2D eigenvalue weighted by atomic mass is 35.5. The van der Waals surface area contributed by atoms with E-state index in [2.05, 4.69) is 10.6 Å². The molecule has 1 aromatic rings. The first-order valence-corrected chi connectivity index (χ1v) is 8.93. The fraction of sp³-hybridized carbons (Fsp3) is 0.556. The van der Waals surface area contributed by atoms with Crippen LogP contribution in [0, 0.1) is 0 Å². The monoisotopic (exact) mass is 350 g/mol. The molecule has 2 fully saturated rings. The van der Waals surface area contributed by atoms with Crippen molar-refractivity contribution in [2.75, 3.05) is 19.8 Å². The minimum Gasteiger partial charge on any atom is -0.381 e. The number of rotatable bonds is 3. The first-order chi connectivity index (χ1) is 11.6. The minimum absolute atomic E-state index is 0.0952. The standard InChI is InChI=1S/C18H23ClN2O3/c19-14-6-2-1-5-13(14)18(8-11-24-12-9-18)17(23)21-15-7-3-4-10-20-16(15)22/h1-2,5-6,15H,3-4,7-12H2,(H,20,22)(H,21,23). The van der Waals surface area contributed by atoms with E-state index in [0.717, 1.165) is 18.4 Å². The smallest absolute Gasteiger partial charge is 0.242 e. The molecule has 0 aromatic heterocycles. The molecule has 2 aliphatic rings. The Morgan fingerprint density at radius 2 is 2.00 bits per heavy atom. The van der Waals surface area contributed by atoms with Gasteiger partial charge in [0.1, 0.15) is 6.04 Å². The van der Waals surface area contributed by atoms with Crippen LogP contribution in [-0.4, -0.2) is 37.6 Å². The molecule has 6 heteroatoms. The third-order valence-electron chi connectivity index (χ3n) is 5.01. The summed E-state index contributed by atoms with van der Waals surface area (Å²) in [5, 5.41) is 6.43. The summed E-state index contributed by atoms with van der Waals surface area (Å²) < 4.78 is 5.47. The van der Waals surface area contributed by atoms with E-state index in [4.69, 9.17) is 16.3 Å². The van der Waals surface area contributed by atoms with Crippen LogP contribution in [0.15, 0.2) is 24.3 Å². The average molecular weight is 351 g/mol. The van der Waals surface area contributed by atoms with Gasteiger partial charge in [-0.15, -0.1) is 0 Å². The molecule has 1 unspecified atom stereocenters. The molecule has 3 rings (SSSR count). The van der Waals surface area contributed by atoms with Crippen molar-refractivity contribution in [2.24, 2.45) is 0 Å². The van der Waals surface area contributed by atoms with Crippen LogP contribution >= 0.6 is 11.6 Å². The molecule has 2 heterocycles. The van der Waals surface area contributed by atoms with Crippen molar-refractivity contribution >= 4 is 23.4 Å². The Hall–Kier alpha value is -1.59. The van der Waals surface area contributed by atoms with Gasteiger partial charge in [0.2, 0.25) is 11.8 Å². The van der Waals surface area contributed by atoms with Crippen LogP contribution in [-0.2, 0) is 19.7 Å². The molecule has 130 valence electrons. The van der Waals surface area contributed by atoms with Crippen LogP contribution in [0.2, 0.25) is 5.02 Å². The lowest BCUT2D eigenvalue weighted by Gasteiger charge is -2.37. The highest BCUT2D eigenvalue weighted by molar-refractivity contribution is 6.31. The molecule has 0 bridgehead atoms. The highest BCUT2D eigenvalue weighted by Gasteiger charge is 2.44. The summed E-state index contributed by atoms with van der Waals surface area (Å²) in [4.78, 5) is 25.4. The minimum atomic E-state index is -0.733. The van der Waals surface area contributed by atoms with E-state index in [1.807, 2.05) is 18.2 Å². The van der Waals surface area contributed by atoms with Crippen LogP contribution < -0.4 is 10.6 Å². The lowest BCUT2D eigenvalue weighted by molar-refractivity contribution is -0.134. The maximum atomic E-state index is 13.2. The zero-order valence-corrected chi connectivity index (χ0v) is 14.4. The van der Waals surface area contributed by atoms with Gasteiger partial charge in [0.25, 0.3) is 0 Å². The molecule has 0 spiro atoms. The third-order valence-corrected chi connectivity index (χ3v) is 5.34. The van der Waals surface area contributed by atoms with E-state index < -0.39 is 11.5 Å². The summed E-state index contributed by atoms with van der Waals surface area (Å²) in [5.74, 6) is -0.219. The van der Waals surface area contributed by atoms with Crippen molar-refractivity contribution in [3.05, 3.63) is 34.9 Å². The van der Waals surface area contributed by atoms with Gasteiger partial charge in [-0.3, -0.25) is 9.59 Å². The van der Waals surface area contributed by atoms with E-state index in [1.54, 1.807) is 6.07 Å². The van der Waals surface area contributed by atoms with Gasteiger partial charge < -0.3 is 15.4 Å². The fourth-order valence-corrected chi connectivity index (χ4v) is 3.88. The largest absolute Gasteiger partial charge is 0.381 e. The lowest BCUT2D eigenvalue weighted by atomic mass is 9.73. The van der Waals surface area contributed by atoms with E-state index in [9.17, 15) is 9.59 Å². The molecular formula is C18H23ClN2O3. The van der Waals surface area contributed by atoms with Gasteiger partial charge in [-0.05, 0) is 43.7 Å². The Balaban J connectivity index is 1.87. The molecule has 0 radical (unpaired) electrons. The second-order valence-corrected chi connectivity index (χ2v) is 6.89. The summed E-state index contributed by atoms with van der Waals surface area (Å²) in [7, 11) is 0. The van der Waals surface area contributed by atoms with E-state index in [1.165, 1.54) is 0 Å². The van der Waals surface area contributed by atoms with Crippen molar-refractivity contribution in [1.82, 2.24) is 10.6 Å². The first kappa shape index (κ1) is 17.2. The Morgan fingerprint density at radius 3 is 2.75 bits per heavy atom. The second-order valence-electron chi connectivity index (χ2n) is 6.49. The summed E-state index contributed by atoms with van der Waals surface area (Å²) >= 11 is 6.39. The zero-order chi connectivity index (χ0) is 17.0. The summed E-state index contributed by atoms with van der Waals surface area (Å²) in [5.41, 5.74) is 0.0879. The summed E-state index contributed by atoms with van der Waals surface area (Å²) in [6.07, 6.45) is 3.67. The first-order valence-electron chi connectivity index (χ1n) is 8.55. The van der Waals surface area contributed by atoms with Crippen LogP contribution in [0.1, 0.15) is 37.7 Å². The van der Waals surface area contributed by atoms with Crippen molar-refractivity contribution in [3.63, 3.8) is 0 Å². The SMILES string of the molecule is O=C1NCCCCC1NC(=O)C1(c2ccccc2Cl)CCOCC1. The normalized spacial score (nSPS) is 23.9. The molecule has 24 heavy (non-hydrogen) atoms. The molecule has 1 atom stereocenters. The number of carbonyl (C=O) groups excluding carboxylic acids is 2. The quantitative estimate of drug-likeness (QED) is 0.878. The van der Waals surface area contributed by atoms with Crippen molar-refractivity contribution in [1.29, 1.82) is 0 Å². The zero-order valence-electron chi connectivity index (χ0n) is 13.6. The molecule has 2 N–H and O–H groups in total. The fourth-order valence-electron chi connectivity index (χ4n) is 3.56. The highest BCUT2D eigenvalue weighted by Crippen LogP contribution is 2.39. The van der Waals surface area contributed by atoms with Gasteiger partial charge >= 0.3 is 0 Å². The Morgan fingerprint density at radius 1 is 1.25 bits per heavy atom. The number of halogens is 1. The molecule has 5 nitrogen and oxygen atoms in total.